The van der Waals surface area contributed by atoms with Gasteiger partial charge < -0.3 is 16.0 Å². The second kappa shape index (κ2) is 7.56. The first-order valence-electron chi connectivity index (χ1n) is 9.65. The van der Waals surface area contributed by atoms with Crippen LogP contribution in [0.25, 0.3) is 11.2 Å². The number of halogens is 1. The van der Waals surface area contributed by atoms with Crippen LogP contribution in [0.5, 0.6) is 0 Å². The van der Waals surface area contributed by atoms with Gasteiger partial charge in [0.1, 0.15) is 5.52 Å². The summed E-state index contributed by atoms with van der Waals surface area (Å²) < 4.78 is 2.22. The van der Waals surface area contributed by atoms with E-state index in [9.17, 15) is 0 Å². The van der Waals surface area contributed by atoms with Gasteiger partial charge in [-0.05, 0) is 71.0 Å². The van der Waals surface area contributed by atoms with Crippen LogP contribution in [-0.2, 0) is 0 Å². The number of hydrogen-bond donors (Lipinski definition) is 3. The van der Waals surface area contributed by atoms with Crippen molar-refractivity contribution in [1.82, 2.24) is 24.8 Å². The molecular formula is C20H26ClN7. The summed E-state index contributed by atoms with van der Waals surface area (Å²) in [5, 5.41) is 10.9. The average molecular weight is 400 g/mol. The molecule has 148 valence electrons. The molecule has 3 aromatic rings. The summed E-state index contributed by atoms with van der Waals surface area (Å²) in [4.78, 5) is 14.1. The van der Waals surface area contributed by atoms with Gasteiger partial charge in [-0.15, -0.1) is 0 Å². The molecule has 7 nitrogen and oxygen atoms in total. The Kier molecular flexibility index (Phi) is 5.12. The minimum Gasteiger partial charge on any atom is -0.350 e. The van der Waals surface area contributed by atoms with Gasteiger partial charge in [0, 0.05) is 22.3 Å². The summed E-state index contributed by atoms with van der Waals surface area (Å²) in [5.41, 5.74) is 2.47. The smallest absolute Gasteiger partial charge is 0.225 e. The Hall–Kier alpha value is -2.38. The highest BCUT2D eigenvalue weighted by atomic mass is 35.5. The number of benzene rings is 1. The zero-order valence-electron chi connectivity index (χ0n) is 16.5. The third-order valence-corrected chi connectivity index (χ3v) is 4.95. The molecule has 1 aromatic carbocycles. The van der Waals surface area contributed by atoms with Crippen molar-refractivity contribution in [2.75, 3.05) is 23.7 Å². The highest BCUT2D eigenvalue weighted by Crippen LogP contribution is 2.31. The van der Waals surface area contributed by atoms with Crippen molar-refractivity contribution < 1.29 is 0 Å². The number of piperidine rings is 1. The Morgan fingerprint density at radius 2 is 1.82 bits per heavy atom. The largest absolute Gasteiger partial charge is 0.350 e. The van der Waals surface area contributed by atoms with E-state index in [0.717, 1.165) is 48.7 Å². The van der Waals surface area contributed by atoms with E-state index >= 15 is 0 Å². The lowest BCUT2D eigenvalue weighted by Crippen LogP contribution is -2.30. The first-order valence-corrected chi connectivity index (χ1v) is 10.0. The molecular weight excluding hydrogens is 374 g/mol. The lowest BCUT2D eigenvalue weighted by atomic mass is 10.1. The van der Waals surface area contributed by atoms with Crippen LogP contribution in [0.15, 0.2) is 30.5 Å². The molecule has 0 bridgehead atoms. The van der Waals surface area contributed by atoms with E-state index in [4.69, 9.17) is 21.6 Å². The number of fused-ring (bicyclic) bond motifs is 1. The van der Waals surface area contributed by atoms with Crippen LogP contribution in [0.4, 0.5) is 17.6 Å². The van der Waals surface area contributed by atoms with E-state index < -0.39 is 0 Å². The van der Waals surface area contributed by atoms with Crippen LogP contribution in [0.3, 0.4) is 0 Å². The van der Waals surface area contributed by atoms with E-state index in [0.29, 0.717) is 17.0 Å². The van der Waals surface area contributed by atoms with E-state index in [2.05, 4.69) is 46.3 Å². The van der Waals surface area contributed by atoms with E-state index in [1.165, 1.54) is 0 Å². The predicted octanol–water partition coefficient (Wildman–Crippen LogP) is 4.36. The number of nitrogens with one attached hydrogen (secondary N) is 3. The molecule has 1 saturated heterocycles. The summed E-state index contributed by atoms with van der Waals surface area (Å²) in [6.07, 6.45) is 3.86. The number of hydrogen-bond acceptors (Lipinski definition) is 6. The van der Waals surface area contributed by atoms with Crippen LogP contribution >= 0.6 is 11.6 Å². The molecule has 28 heavy (non-hydrogen) atoms. The van der Waals surface area contributed by atoms with Crippen molar-refractivity contribution in [3.05, 3.63) is 35.5 Å². The van der Waals surface area contributed by atoms with Crippen LogP contribution in [0.2, 0.25) is 5.02 Å². The zero-order valence-corrected chi connectivity index (χ0v) is 17.2. The zero-order chi connectivity index (χ0) is 19.7. The van der Waals surface area contributed by atoms with E-state index in [-0.39, 0.29) is 5.54 Å². The fourth-order valence-electron chi connectivity index (χ4n) is 3.45. The molecule has 0 saturated carbocycles. The molecule has 2 aromatic heterocycles. The van der Waals surface area contributed by atoms with Crippen LogP contribution in [0, 0.1) is 0 Å². The van der Waals surface area contributed by atoms with Gasteiger partial charge in [-0.1, -0.05) is 11.6 Å². The Morgan fingerprint density at radius 1 is 1.11 bits per heavy atom. The number of nitrogens with zero attached hydrogens (tertiary/aromatic N) is 4. The van der Waals surface area contributed by atoms with Crippen molar-refractivity contribution in [2.45, 2.75) is 45.2 Å². The predicted molar refractivity (Wildman–Crippen MR) is 115 cm³/mol. The minimum atomic E-state index is -0.113. The van der Waals surface area contributed by atoms with Crippen molar-refractivity contribution in [2.24, 2.45) is 0 Å². The molecule has 4 rings (SSSR count). The van der Waals surface area contributed by atoms with Gasteiger partial charge in [0.25, 0.3) is 0 Å². The summed E-state index contributed by atoms with van der Waals surface area (Å²) in [6.45, 7) is 8.26. The third-order valence-electron chi connectivity index (χ3n) is 4.69. The second-order valence-electron chi connectivity index (χ2n) is 8.20. The maximum Gasteiger partial charge on any atom is 0.225 e. The Bertz CT molecular complexity index is 953. The fraction of sp³-hybridized carbons (Fsp3) is 0.450. The molecule has 1 aliphatic heterocycles. The minimum absolute atomic E-state index is 0.113. The van der Waals surface area contributed by atoms with Gasteiger partial charge in [-0.25, -0.2) is 9.97 Å². The van der Waals surface area contributed by atoms with Gasteiger partial charge in [0.05, 0.1) is 6.20 Å². The maximum atomic E-state index is 6.02. The second-order valence-corrected chi connectivity index (χ2v) is 8.63. The maximum absolute atomic E-state index is 6.02. The molecule has 0 atom stereocenters. The molecule has 0 spiro atoms. The lowest BCUT2D eigenvalue weighted by Gasteiger charge is -2.26. The quantitative estimate of drug-likeness (QED) is 0.605. The summed E-state index contributed by atoms with van der Waals surface area (Å²) in [6, 6.07) is 7.97. The van der Waals surface area contributed by atoms with Crippen molar-refractivity contribution in [1.29, 1.82) is 0 Å². The highest BCUT2D eigenvalue weighted by molar-refractivity contribution is 6.30. The summed E-state index contributed by atoms with van der Waals surface area (Å²) in [7, 11) is 0. The molecule has 0 unspecified atom stereocenters. The average Bonchev–Trinajstić information content (AvgIpc) is 3.00. The molecule has 3 N–H and O–H groups in total. The van der Waals surface area contributed by atoms with Crippen LogP contribution in [-0.4, -0.2) is 38.1 Å². The van der Waals surface area contributed by atoms with Crippen LogP contribution < -0.4 is 16.0 Å². The number of anilines is 3. The van der Waals surface area contributed by atoms with E-state index in [1.807, 2.05) is 24.3 Å². The van der Waals surface area contributed by atoms with Gasteiger partial charge in [-0.3, -0.25) is 4.57 Å². The van der Waals surface area contributed by atoms with Crippen molar-refractivity contribution in [3.63, 3.8) is 0 Å². The topological polar surface area (TPSA) is 79.7 Å². The van der Waals surface area contributed by atoms with Gasteiger partial charge in [0.2, 0.25) is 11.9 Å². The molecule has 1 aliphatic rings. The Balaban J connectivity index is 1.77. The molecule has 3 heterocycles. The first kappa shape index (κ1) is 19.0. The molecule has 8 heteroatoms. The van der Waals surface area contributed by atoms with Gasteiger partial charge in [-0.2, -0.15) is 4.98 Å². The standard InChI is InChI=1S/C20H26ClN7/c1-20(2,3)27-18-23-12-16-17(26-18)28(15-8-10-22-11-9-15)19(25-16)24-14-6-4-13(21)5-7-14/h4-7,12,15,22H,8-11H2,1-3H3,(H,24,25)(H,23,26,27). The Morgan fingerprint density at radius 3 is 2.50 bits per heavy atom. The SMILES string of the molecule is CC(C)(C)Nc1ncc2nc(Nc3ccc(Cl)cc3)n(C3CCNCC3)c2n1. The van der Waals surface area contributed by atoms with Crippen LogP contribution in [0.1, 0.15) is 39.7 Å². The lowest BCUT2D eigenvalue weighted by molar-refractivity contribution is 0.377. The molecule has 0 radical (unpaired) electrons. The molecule has 1 fully saturated rings. The molecule has 0 amide bonds. The van der Waals surface area contributed by atoms with Crippen molar-refractivity contribution in [3.8, 4) is 0 Å². The normalized spacial score (nSPS) is 15.7. The first-order chi connectivity index (χ1) is 13.4. The monoisotopic (exact) mass is 399 g/mol. The number of imidazole rings is 1. The van der Waals surface area contributed by atoms with E-state index in [1.54, 1.807) is 6.20 Å². The third kappa shape index (κ3) is 4.20. The molecule has 0 aliphatic carbocycles. The fourth-order valence-corrected chi connectivity index (χ4v) is 3.57. The Labute approximate surface area is 169 Å². The van der Waals surface area contributed by atoms with Crippen molar-refractivity contribution >= 4 is 40.3 Å². The van der Waals surface area contributed by atoms with Gasteiger partial charge >= 0.3 is 0 Å². The summed E-state index contributed by atoms with van der Waals surface area (Å²) >= 11 is 6.02. The number of rotatable bonds is 4. The highest BCUT2D eigenvalue weighted by Gasteiger charge is 2.23. The number of aromatic nitrogens is 4. The summed E-state index contributed by atoms with van der Waals surface area (Å²) in [5.74, 6) is 1.40. The van der Waals surface area contributed by atoms with Gasteiger partial charge in [0.15, 0.2) is 5.65 Å².